The minimum atomic E-state index is -0.694. The van der Waals surface area contributed by atoms with E-state index in [1.54, 1.807) is 7.11 Å². The van der Waals surface area contributed by atoms with Gasteiger partial charge in [0.2, 0.25) is 0 Å². The Morgan fingerprint density at radius 2 is 2.28 bits per heavy atom. The Morgan fingerprint density at radius 3 is 3.06 bits per heavy atom. The van der Waals surface area contributed by atoms with Crippen molar-refractivity contribution in [1.29, 1.82) is 0 Å². The molecule has 2 bridgehead atoms. The van der Waals surface area contributed by atoms with E-state index in [9.17, 15) is 4.79 Å². The van der Waals surface area contributed by atoms with E-state index in [0.717, 1.165) is 36.8 Å². The van der Waals surface area contributed by atoms with E-state index in [0.29, 0.717) is 11.8 Å². The molecular weight excluding hydrogens is 296 g/mol. The third-order valence-electron chi connectivity index (χ3n) is 5.73. The van der Waals surface area contributed by atoms with Crippen LogP contribution in [0, 0.1) is 17.3 Å². The number of carbonyl (C=O) groups is 1. The summed E-state index contributed by atoms with van der Waals surface area (Å²) in [6.45, 7) is 0.747. The molecule has 2 saturated carbocycles. The van der Waals surface area contributed by atoms with E-state index < -0.39 is 5.60 Å². The first-order chi connectivity index (χ1) is 8.68. The van der Waals surface area contributed by atoms with Crippen molar-refractivity contribution in [1.82, 2.24) is 0 Å². The van der Waals surface area contributed by atoms with Gasteiger partial charge in [-0.1, -0.05) is 22.4 Å². The van der Waals surface area contributed by atoms with Gasteiger partial charge >= 0.3 is 0 Å². The van der Waals surface area contributed by atoms with Gasteiger partial charge in [-0.25, -0.2) is 0 Å². The zero-order chi connectivity index (χ0) is 12.5. The number of rotatable bonds is 1. The molecule has 18 heavy (non-hydrogen) atoms. The summed E-state index contributed by atoms with van der Waals surface area (Å²) in [7, 11) is 1.67. The van der Waals surface area contributed by atoms with Gasteiger partial charge in [0.25, 0.3) is 0 Å². The van der Waals surface area contributed by atoms with Crippen LogP contribution < -0.4 is 0 Å². The summed E-state index contributed by atoms with van der Waals surface area (Å²) in [5, 5.41) is 0. The topological polar surface area (TPSA) is 35.5 Å². The molecular formula is C14H17BrO3. The molecule has 4 heteroatoms. The van der Waals surface area contributed by atoms with Gasteiger partial charge in [-0.05, 0) is 31.3 Å². The zero-order valence-corrected chi connectivity index (χ0v) is 12.0. The Bertz CT molecular complexity index is 460. The highest BCUT2D eigenvalue weighted by molar-refractivity contribution is 9.11. The van der Waals surface area contributed by atoms with Crippen LogP contribution in [0.5, 0.6) is 0 Å². The summed E-state index contributed by atoms with van der Waals surface area (Å²) >= 11 is 3.67. The second kappa shape index (κ2) is 3.47. The second-order valence-corrected chi connectivity index (χ2v) is 6.85. The molecule has 0 radical (unpaired) electrons. The Labute approximate surface area is 115 Å². The van der Waals surface area contributed by atoms with Crippen molar-refractivity contribution in [3.63, 3.8) is 0 Å². The van der Waals surface area contributed by atoms with E-state index in [4.69, 9.17) is 9.47 Å². The fourth-order valence-electron chi connectivity index (χ4n) is 5.10. The van der Waals surface area contributed by atoms with Gasteiger partial charge in [-0.3, -0.25) is 4.79 Å². The van der Waals surface area contributed by atoms with Crippen LogP contribution in [0.2, 0.25) is 0 Å². The molecule has 0 aromatic rings. The fourth-order valence-corrected chi connectivity index (χ4v) is 6.01. The van der Waals surface area contributed by atoms with Crippen LogP contribution in [0.3, 0.4) is 0 Å². The fraction of sp³-hybridized carbons (Fsp3) is 0.786. The first-order valence-electron chi connectivity index (χ1n) is 6.77. The standard InChI is InChI=1S/C14H17BrO3/c1-17-14-9-4-6-18-11(14)7-10(15)13(12(14)16)5-2-3-8(9)13/h7-9,11H,2-6H2,1H3/t8-,9-,11+,13-,14-/m1/s1. The van der Waals surface area contributed by atoms with Crippen molar-refractivity contribution in [2.24, 2.45) is 17.3 Å². The molecule has 0 N–H and O–H groups in total. The molecule has 0 unspecified atom stereocenters. The molecule has 4 rings (SSSR count). The summed E-state index contributed by atoms with van der Waals surface area (Å²) < 4.78 is 12.7. The van der Waals surface area contributed by atoms with Gasteiger partial charge in [0, 0.05) is 24.1 Å². The first-order valence-corrected chi connectivity index (χ1v) is 7.56. The maximum Gasteiger partial charge on any atom is 0.179 e. The van der Waals surface area contributed by atoms with Crippen LogP contribution in [-0.4, -0.2) is 31.2 Å². The molecule has 98 valence electrons. The van der Waals surface area contributed by atoms with E-state index in [2.05, 4.69) is 22.0 Å². The largest absolute Gasteiger partial charge is 0.371 e. The predicted molar refractivity (Wildman–Crippen MR) is 69.4 cm³/mol. The molecule has 4 aliphatic rings. The lowest BCUT2D eigenvalue weighted by Crippen LogP contribution is -2.59. The summed E-state index contributed by atoms with van der Waals surface area (Å²) in [6.07, 6.45) is 6.14. The van der Waals surface area contributed by atoms with Crippen LogP contribution >= 0.6 is 15.9 Å². The number of ether oxygens (including phenoxy) is 2. The summed E-state index contributed by atoms with van der Waals surface area (Å²) in [4.78, 5) is 13.1. The van der Waals surface area contributed by atoms with Crippen molar-refractivity contribution < 1.29 is 14.3 Å². The number of allylic oxidation sites excluding steroid dienone is 1. The van der Waals surface area contributed by atoms with Crippen molar-refractivity contribution >= 4 is 21.7 Å². The van der Waals surface area contributed by atoms with Gasteiger partial charge in [0.1, 0.15) is 6.10 Å². The number of methoxy groups -OCH3 is 1. The van der Waals surface area contributed by atoms with Crippen molar-refractivity contribution in [3.05, 3.63) is 10.6 Å². The van der Waals surface area contributed by atoms with E-state index in [1.165, 1.54) is 0 Å². The van der Waals surface area contributed by atoms with E-state index in [1.807, 2.05) is 0 Å². The smallest absolute Gasteiger partial charge is 0.179 e. The van der Waals surface area contributed by atoms with Crippen molar-refractivity contribution in [2.75, 3.05) is 13.7 Å². The summed E-state index contributed by atoms with van der Waals surface area (Å²) in [5.74, 6) is 1.07. The molecule has 3 aliphatic carbocycles. The molecule has 1 spiro atoms. The van der Waals surface area contributed by atoms with Gasteiger partial charge in [0.05, 0.1) is 5.41 Å². The summed E-state index contributed by atoms with van der Waals surface area (Å²) in [5.41, 5.74) is -0.981. The van der Waals surface area contributed by atoms with Gasteiger partial charge in [-0.15, -0.1) is 0 Å². The quantitative estimate of drug-likeness (QED) is 0.746. The molecule has 0 aromatic carbocycles. The lowest BCUT2D eigenvalue weighted by molar-refractivity contribution is -0.182. The third-order valence-corrected chi connectivity index (χ3v) is 6.70. The number of Topliss-reactive ketones (excluding diaryl/α,β-unsaturated/α-hetero) is 1. The van der Waals surface area contributed by atoms with Gasteiger partial charge in [-0.2, -0.15) is 0 Å². The molecule has 1 saturated heterocycles. The Kier molecular flexibility index (Phi) is 2.24. The predicted octanol–water partition coefficient (Wildman–Crippen LogP) is 2.44. The summed E-state index contributed by atoms with van der Waals surface area (Å²) in [6, 6.07) is 0. The minimum absolute atomic E-state index is 0.195. The van der Waals surface area contributed by atoms with Crippen LogP contribution in [0.25, 0.3) is 0 Å². The number of hydrogen-bond donors (Lipinski definition) is 0. The number of ketones is 1. The number of fused-ring (bicyclic) bond motifs is 1. The number of halogens is 1. The first kappa shape index (κ1) is 11.6. The molecule has 1 aliphatic heterocycles. The van der Waals surface area contributed by atoms with Crippen molar-refractivity contribution in [2.45, 2.75) is 37.4 Å². The highest BCUT2D eigenvalue weighted by atomic mass is 79.9. The molecule has 3 fully saturated rings. The Hall–Kier alpha value is -0.190. The maximum absolute atomic E-state index is 13.1. The van der Waals surface area contributed by atoms with Crippen LogP contribution in [-0.2, 0) is 14.3 Å². The Balaban J connectivity index is 1.99. The highest BCUT2D eigenvalue weighted by Gasteiger charge is 2.75. The van der Waals surface area contributed by atoms with Crippen molar-refractivity contribution in [3.8, 4) is 0 Å². The SMILES string of the molecule is CO[C@]12C(=O)[C@]34CCC[C@@H]3[C@H]1CCO[C@H]2C=C4Br. The highest BCUT2D eigenvalue weighted by Crippen LogP contribution is 2.68. The molecule has 0 aromatic heterocycles. The zero-order valence-electron chi connectivity index (χ0n) is 10.4. The lowest BCUT2D eigenvalue weighted by atomic mass is 9.73. The molecule has 1 heterocycles. The average molecular weight is 313 g/mol. The second-order valence-electron chi connectivity index (χ2n) is 6.00. The third kappa shape index (κ3) is 0.969. The number of hydrogen-bond acceptors (Lipinski definition) is 3. The van der Waals surface area contributed by atoms with E-state index in [-0.39, 0.29) is 17.3 Å². The van der Waals surface area contributed by atoms with Crippen LogP contribution in [0.1, 0.15) is 25.7 Å². The average Bonchev–Trinajstić information content (AvgIpc) is 2.87. The molecule has 3 nitrogen and oxygen atoms in total. The van der Waals surface area contributed by atoms with E-state index >= 15 is 0 Å². The Morgan fingerprint density at radius 1 is 1.44 bits per heavy atom. The van der Waals surface area contributed by atoms with Crippen LogP contribution in [0.4, 0.5) is 0 Å². The molecule has 0 amide bonds. The minimum Gasteiger partial charge on any atom is -0.371 e. The van der Waals surface area contributed by atoms with Crippen LogP contribution in [0.15, 0.2) is 10.6 Å². The maximum atomic E-state index is 13.1. The molecule has 5 atom stereocenters. The van der Waals surface area contributed by atoms with Gasteiger partial charge < -0.3 is 9.47 Å². The van der Waals surface area contributed by atoms with Gasteiger partial charge in [0.15, 0.2) is 11.4 Å². The number of carbonyl (C=O) groups excluding carboxylic acids is 1. The normalized spacial score (nSPS) is 53.3. The lowest BCUT2D eigenvalue weighted by Gasteiger charge is -2.45. The monoisotopic (exact) mass is 312 g/mol.